The van der Waals surface area contributed by atoms with Crippen LogP contribution in [0.5, 0.6) is 0 Å². The SMILES string of the molecule is CCCNc1cn2ccnc2c(SCC2CCCO2)n1. The summed E-state index contributed by atoms with van der Waals surface area (Å²) in [6, 6.07) is 0. The van der Waals surface area contributed by atoms with E-state index in [-0.39, 0.29) is 0 Å². The van der Waals surface area contributed by atoms with Gasteiger partial charge < -0.3 is 14.5 Å². The van der Waals surface area contributed by atoms with Gasteiger partial charge in [-0.15, -0.1) is 0 Å². The van der Waals surface area contributed by atoms with E-state index in [9.17, 15) is 0 Å². The molecule has 1 fully saturated rings. The third kappa shape index (κ3) is 3.07. The number of nitrogens with one attached hydrogen (secondary N) is 1. The van der Waals surface area contributed by atoms with Crippen LogP contribution in [0.4, 0.5) is 5.82 Å². The van der Waals surface area contributed by atoms with Gasteiger partial charge in [-0.1, -0.05) is 18.7 Å². The Labute approximate surface area is 123 Å². The van der Waals surface area contributed by atoms with Gasteiger partial charge in [-0.05, 0) is 19.3 Å². The average Bonchev–Trinajstić information content (AvgIpc) is 3.13. The Morgan fingerprint density at radius 2 is 2.50 bits per heavy atom. The highest BCUT2D eigenvalue weighted by Crippen LogP contribution is 2.26. The predicted molar refractivity (Wildman–Crippen MR) is 81.5 cm³/mol. The Morgan fingerprint density at radius 3 is 3.30 bits per heavy atom. The summed E-state index contributed by atoms with van der Waals surface area (Å²) in [5.41, 5.74) is 0.926. The lowest BCUT2D eigenvalue weighted by molar-refractivity contribution is 0.129. The molecule has 1 aliphatic rings. The van der Waals surface area contributed by atoms with Crippen molar-refractivity contribution in [3.63, 3.8) is 0 Å². The first kappa shape index (κ1) is 13.7. The van der Waals surface area contributed by atoms with E-state index in [0.29, 0.717) is 6.10 Å². The zero-order chi connectivity index (χ0) is 13.8. The first-order valence-electron chi connectivity index (χ1n) is 7.19. The van der Waals surface area contributed by atoms with Crippen molar-refractivity contribution in [2.45, 2.75) is 37.3 Å². The van der Waals surface area contributed by atoms with Crippen LogP contribution < -0.4 is 5.32 Å². The number of anilines is 1. The molecule has 1 aliphatic heterocycles. The van der Waals surface area contributed by atoms with Crippen molar-refractivity contribution in [3.8, 4) is 0 Å². The fourth-order valence-electron chi connectivity index (χ4n) is 2.29. The smallest absolute Gasteiger partial charge is 0.169 e. The molecule has 108 valence electrons. The van der Waals surface area contributed by atoms with Gasteiger partial charge in [0.05, 0.1) is 12.3 Å². The van der Waals surface area contributed by atoms with Crippen LogP contribution in [0.2, 0.25) is 0 Å². The third-order valence-electron chi connectivity index (χ3n) is 3.33. The van der Waals surface area contributed by atoms with Crippen LogP contribution in [0, 0.1) is 0 Å². The fourth-order valence-corrected chi connectivity index (χ4v) is 3.34. The minimum Gasteiger partial charge on any atom is -0.377 e. The maximum absolute atomic E-state index is 5.67. The lowest BCUT2D eigenvalue weighted by Gasteiger charge is -2.11. The van der Waals surface area contributed by atoms with Crippen molar-refractivity contribution in [2.75, 3.05) is 24.2 Å². The van der Waals surface area contributed by atoms with Crippen LogP contribution >= 0.6 is 11.8 Å². The number of ether oxygens (including phenoxy) is 1. The van der Waals surface area contributed by atoms with Crippen LogP contribution in [0.1, 0.15) is 26.2 Å². The summed E-state index contributed by atoms with van der Waals surface area (Å²) < 4.78 is 7.70. The van der Waals surface area contributed by atoms with E-state index in [4.69, 9.17) is 4.74 Å². The highest BCUT2D eigenvalue weighted by atomic mass is 32.2. The summed E-state index contributed by atoms with van der Waals surface area (Å²) >= 11 is 1.74. The second kappa shape index (κ2) is 6.45. The molecule has 1 saturated heterocycles. The molecule has 1 unspecified atom stereocenters. The van der Waals surface area contributed by atoms with Gasteiger partial charge in [0, 0.05) is 31.3 Å². The van der Waals surface area contributed by atoms with Gasteiger partial charge in [0.2, 0.25) is 0 Å². The van der Waals surface area contributed by atoms with Crippen LogP contribution in [0.25, 0.3) is 5.65 Å². The number of rotatable bonds is 6. The molecule has 0 spiro atoms. The lowest BCUT2D eigenvalue weighted by atomic mass is 10.3. The number of fused-ring (bicyclic) bond motifs is 1. The molecule has 20 heavy (non-hydrogen) atoms. The van der Waals surface area contributed by atoms with Crippen molar-refractivity contribution in [1.82, 2.24) is 14.4 Å². The van der Waals surface area contributed by atoms with Crippen LogP contribution in [-0.2, 0) is 4.74 Å². The second-order valence-corrected chi connectivity index (χ2v) is 5.97. The summed E-state index contributed by atoms with van der Waals surface area (Å²) in [6.07, 6.45) is 9.56. The molecular formula is C14H20N4OS. The first-order chi connectivity index (χ1) is 9.86. The normalized spacial score (nSPS) is 18.8. The minimum atomic E-state index is 0.365. The molecule has 5 nitrogen and oxygen atoms in total. The molecular weight excluding hydrogens is 272 g/mol. The van der Waals surface area contributed by atoms with Gasteiger partial charge in [0.25, 0.3) is 0 Å². The molecule has 3 rings (SSSR count). The third-order valence-corrected chi connectivity index (χ3v) is 4.42. The van der Waals surface area contributed by atoms with Crippen LogP contribution in [0.15, 0.2) is 23.6 Å². The monoisotopic (exact) mass is 292 g/mol. The largest absolute Gasteiger partial charge is 0.377 e. The molecule has 0 aliphatic carbocycles. The van der Waals surface area contributed by atoms with E-state index >= 15 is 0 Å². The molecule has 0 amide bonds. The summed E-state index contributed by atoms with van der Waals surface area (Å²) in [7, 11) is 0. The van der Waals surface area contributed by atoms with Gasteiger partial charge >= 0.3 is 0 Å². The standard InChI is InChI=1S/C14H20N4OS/c1-2-5-15-12-9-18-7-6-16-13(18)14(17-12)20-10-11-4-3-8-19-11/h6-7,9,11,15H,2-5,8,10H2,1H3. The van der Waals surface area contributed by atoms with E-state index in [1.807, 2.05) is 23.0 Å². The number of imidazole rings is 1. The number of hydrogen-bond acceptors (Lipinski definition) is 5. The van der Waals surface area contributed by atoms with E-state index in [0.717, 1.165) is 48.2 Å². The zero-order valence-electron chi connectivity index (χ0n) is 11.7. The summed E-state index contributed by atoms with van der Waals surface area (Å²) in [5, 5.41) is 4.32. The van der Waals surface area contributed by atoms with Gasteiger partial charge in [0.1, 0.15) is 10.8 Å². The Kier molecular flexibility index (Phi) is 4.42. The molecule has 1 N–H and O–H groups in total. The van der Waals surface area contributed by atoms with Crippen molar-refractivity contribution in [2.24, 2.45) is 0 Å². The minimum absolute atomic E-state index is 0.365. The van der Waals surface area contributed by atoms with Crippen molar-refractivity contribution in [1.29, 1.82) is 0 Å². The highest BCUT2D eigenvalue weighted by molar-refractivity contribution is 7.99. The molecule has 0 aromatic carbocycles. The van der Waals surface area contributed by atoms with Crippen LogP contribution in [-0.4, -0.2) is 39.4 Å². The number of thioether (sulfide) groups is 1. The Hall–Kier alpha value is -1.27. The second-order valence-electron chi connectivity index (χ2n) is 4.96. The topological polar surface area (TPSA) is 51.5 Å². The summed E-state index contributed by atoms with van der Waals surface area (Å²) in [5.74, 6) is 1.86. The van der Waals surface area contributed by atoms with Crippen molar-refractivity contribution < 1.29 is 4.74 Å². The number of hydrogen-bond donors (Lipinski definition) is 1. The molecule has 2 aromatic heterocycles. The van der Waals surface area contributed by atoms with Crippen LogP contribution in [0.3, 0.4) is 0 Å². The fraction of sp³-hybridized carbons (Fsp3) is 0.571. The maximum atomic E-state index is 5.67. The summed E-state index contributed by atoms with van der Waals surface area (Å²) in [4.78, 5) is 9.08. The molecule has 2 aromatic rings. The Bertz CT molecular complexity index is 565. The molecule has 0 radical (unpaired) electrons. The molecule has 0 saturated carbocycles. The highest BCUT2D eigenvalue weighted by Gasteiger charge is 2.17. The quantitative estimate of drug-likeness (QED) is 0.830. The lowest BCUT2D eigenvalue weighted by Crippen LogP contribution is -2.09. The van der Waals surface area contributed by atoms with Gasteiger partial charge in [-0.3, -0.25) is 0 Å². The van der Waals surface area contributed by atoms with E-state index in [1.165, 1.54) is 6.42 Å². The van der Waals surface area contributed by atoms with Gasteiger partial charge in [0.15, 0.2) is 5.65 Å². The molecule has 0 bridgehead atoms. The molecule has 3 heterocycles. The number of aromatic nitrogens is 3. The molecule has 6 heteroatoms. The maximum Gasteiger partial charge on any atom is 0.169 e. The Balaban J connectivity index is 1.77. The van der Waals surface area contributed by atoms with Crippen molar-refractivity contribution in [3.05, 3.63) is 18.6 Å². The molecule has 1 atom stereocenters. The van der Waals surface area contributed by atoms with Gasteiger partial charge in [-0.25, -0.2) is 9.97 Å². The predicted octanol–water partition coefficient (Wildman–Crippen LogP) is 2.82. The average molecular weight is 292 g/mol. The number of nitrogens with zero attached hydrogens (tertiary/aromatic N) is 3. The van der Waals surface area contributed by atoms with Crippen molar-refractivity contribution >= 4 is 23.2 Å². The summed E-state index contributed by atoms with van der Waals surface area (Å²) in [6.45, 7) is 3.98. The van der Waals surface area contributed by atoms with E-state index in [2.05, 4.69) is 22.2 Å². The zero-order valence-corrected chi connectivity index (χ0v) is 12.5. The van der Waals surface area contributed by atoms with E-state index < -0.39 is 0 Å². The first-order valence-corrected chi connectivity index (χ1v) is 8.17. The Morgan fingerprint density at radius 1 is 1.55 bits per heavy atom. The van der Waals surface area contributed by atoms with Gasteiger partial charge in [-0.2, -0.15) is 0 Å². The van der Waals surface area contributed by atoms with E-state index in [1.54, 1.807) is 11.8 Å².